The van der Waals surface area contributed by atoms with Crippen LogP contribution >= 0.6 is 0 Å². The molecule has 1 fully saturated rings. The van der Waals surface area contributed by atoms with Crippen molar-refractivity contribution in [3.8, 4) is 0 Å². The van der Waals surface area contributed by atoms with Gasteiger partial charge in [0.1, 0.15) is 11.9 Å². The van der Waals surface area contributed by atoms with Gasteiger partial charge in [0, 0.05) is 25.7 Å². The predicted molar refractivity (Wildman–Crippen MR) is 88.5 cm³/mol. The average molecular weight is 314 g/mol. The second-order valence-electron chi connectivity index (χ2n) is 5.76. The molecular weight excluding hydrogens is 292 g/mol. The quantitative estimate of drug-likeness (QED) is 0.859. The number of carbonyl (C=O) groups is 1. The Bertz CT molecular complexity index is 668. The maximum Gasteiger partial charge on any atom is 0.324 e. The number of methoxy groups -OCH3 is 1. The van der Waals surface area contributed by atoms with Gasteiger partial charge in [0.2, 0.25) is 0 Å². The molecule has 23 heavy (non-hydrogen) atoms. The van der Waals surface area contributed by atoms with Crippen LogP contribution in [0.5, 0.6) is 0 Å². The molecule has 1 N–H and O–H groups in total. The van der Waals surface area contributed by atoms with Crippen molar-refractivity contribution in [3.05, 3.63) is 47.7 Å². The maximum atomic E-state index is 11.8. The number of rotatable bonds is 4. The first-order valence-electron chi connectivity index (χ1n) is 7.82. The van der Waals surface area contributed by atoms with E-state index in [-0.39, 0.29) is 12.0 Å². The molecule has 6 nitrogen and oxygen atoms in total. The van der Waals surface area contributed by atoms with E-state index < -0.39 is 0 Å². The summed E-state index contributed by atoms with van der Waals surface area (Å²) in [5.41, 5.74) is 2.18. The first kappa shape index (κ1) is 15.6. The van der Waals surface area contributed by atoms with Crippen LogP contribution in [0.1, 0.15) is 11.3 Å². The number of hydrogen-bond donors (Lipinski definition) is 1. The molecule has 0 aliphatic carbocycles. The van der Waals surface area contributed by atoms with Crippen molar-refractivity contribution in [2.75, 3.05) is 31.6 Å². The molecule has 0 radical (unpaired) electrons. The van der Waals surface area contributed by atoms with Crippen LogP contribution in [-0.4, -0.2) is 48.5 Å². The second-order valence-corrected chi connectivity index (χ2v) is 5.76. The molecule has 1 aliphatic rings. The van der Waals surface area contributed by atoms with Gasteiger partial charge in [-0.3, -0.25) is 4.79 Å². The SMILES string of the molecule is COC(=O)[C@@H]1CN(c2cc(C)nn2Cc2ccccc2)CCN1. The van der Waals surface area contributed by atoms with Crippen LogP contribution in [0.25, 0.3) is 0 Å². The Labute approximate surface area is 136 Å². The first-order valence-corrected chi connectivity index (χ1v) is 7.82. The Hall–Kier alpha value is -2.34. The highest BCUT2D eigenvalue weighted by atomic mass is 16.5. The largest absolute Gasteiger partial charge is 0.468 e. The van der Waals surface area contributed by atoms with Gasteiger partial charge in [-0.15, -0.1) is 0 Å². The van der Waals surface area contributed by atoms with Crippen molar-refractivity contribution in [1.82, 2.24) is 15.1 Å². The Morgan fingerprint density at radius 2 is 2.17 bits per heavy atom. The Kier molecular flexibility index (Phi) is 4.62. The third-order valence-corrected chi connectivity index (χ3v) is 4.04. The number of carbonyl (C=O) groups excluding carboxylic acids is 1. The number of anilines is 1. The molecular formula is C17H22N4O2. The van der Waals surface area contributed by atoms with Crippen LogP contribution in [0.15, 0.2) is 36.4 Å². The van der Waals surface area contributed by atoms with Crippen molar-refractivity contribution in [2.45, 2.75) is 19.5 Å². The zero-order valence-electron chi connectivity index (χ0n) is 13.5. The third-order valence-electron chi connectivity index (χ3n) is 4.04. The monoisotopic (exact) mass is 314 g/mol. The van der Waals surface area contributed by atoms with E-state index in [2.05, 4.69) is 33.5 Å². The standard InChI is InChI=1S/C17H22N4O2/c1-13-10-16(20-9-8-18-15(12-20)17(22)23-2)21(19-13)11-14-6-4-3-5-7-14/h3-7,10,15,18H,8-9,11-12H2,1-2H3/t15-/m0/s1. The van der Waals surface area contributed by atoms with Crippen LogP contribution in [0.4, 0.5) is 5.82 Å². The highest BCUT2D eigenvalue weighted by Gasteiger charge is 2.27. The molecule has 1 atom stereocenters. The van der Waals surface area contributed by atoms with E-state index in [4.69, 9.17) is 4.74 Å². The average Bonchev–Trinajstić information content (AvgIpc) is 2.95. The topological polar surface area (TPSA) is 59.4 Å². The summed E-state index contributed by atoms with van der Waals surface area (Å²) >= 11 is 0. The van der Waals surface area contributed by atoms with Crippen molar-refractivity contribution in [3.63, 3.8) is 0 Å². The summed E-state index contributed by atoms with van der Waals surface area (Å²) in [6, 6.07) is 12.0. The normalized spacial score (nSPS) is 18.0. The third kappa shape index (κ3) is 3.53. The van der Waals surface area contributed by atoms with E-state index in [9.17, 15) is 4.79 Å². The maximum absolute atomic E-state index is 11.8. The van der Waals surface area contributed by atoms with Crippen LogP contribution in [-0.2, 0) is 16.1 Å². The predicted octanol–water partition coefficient (Wildman–Crippen LogP) is 1.19. The molecule has 0 bridgehead atoms. The van der Waals surface area contributed by atoms with Gasteiger partial charge >= 0.3 is 5.97 Å². The fourth-order valence-corrected chi connectivity index (χ4v) is 2.92. The number of aromatic nitrogens is 2. The summed E-state index contributed by atoms with van der Waals surface area (Å²) in [6.45, 7) is 4.89. The minimum atomic E-state index is -0.297. The summed E-state index contributed by atoms with van der Waals surface area (Å²) in [7, 11) is 1.42. The van der Waals surface area contributed by atoms with Crippen molar-refractivity contribution < 1.29 is 9.53 Å². The van der Waals surface area contributed by atoms with E-state index >= 15 is 0 Å². The van der Waals surface area contributed by atoms with Crippen LogP contribution in [0.3, 0.4) is 0 Å². The number of nitrogens with zero attached hydrogens (tertiary/aromatic N) is 3. The van der Waals surface area contributed by atoms with E-state index in [0.717, 1.165) is 31.1 Å². The number of esters is 1. The van der Waals surface area contributed by atoms with E-state index in [0.29, 0.717) is 6.54 Å². The molecule has 122 valence electrons. The van der Waals surface area contributed by atoms with Gasteiger partial charge in [-0.05, 0) is 12.5 Å². The summed E-state index contributed by atoms with van der Waals surface area (Å²) in [4.78, 5) is 14.0. The number of ether oxygens (including phenoxy) is 1. The zero-order chi connectivity index (χ0) is 16.2. The minimum absolute atomic E-state index is 0.222. The van der Waals surface area contributed by atoms with Crippen LogP contribution < -0.4 is 10.2 Å². The Morgan fingerprint density at radius 3 is 2.91 bits per heavy atom. The second kappa shape index (κ2) is 6.83. The van der Waals surface area contributed by atoms with Crippen molar-refractivity contribution in [2.24, 2.45) is 0 Å². The van der Waals surface area contributed by atoms with E-state index in [1.165, 1.54) is 12.7 Å². The van der Waals surface area contributed by atoms with Crippen LogP contribution in [0, 0.1) is 6.92 Å². The smallest absolute Gasteiger partial charge is 0.324 e. The fourth-order valence-electron chi connectivity index (χ4n) is 2.92. The Balaban J connectivity index is 1.81. The lowest BCUT2D eigenvalue weighted by atomic mass is 10.2. The Morgan fingerprint density at radius 1 is 1.39 bits per heavy atom. The van der Waals surface area contributed by atoms with Gasteiger partial charge in [0.25, 0.3) is 0 Å². The molecule has 6 heteroatoms. The number of piperazine rings is 1. The van der Waals surface area contributed by atoms with Crippen LogP contribution in [0.2, 0.25) is 0 Å². The fraction of sp³-hybridized carbons (Fsp3) is 0.412. The lowest BCUT2D eigenvalue weighted by Crippen LogP contribution is -2.55. The molecule has 1 aromatic heterocycles. The highest BCUT2D eigenvalue weighted by Crippen LogP contribution is 2.19. The van der Waals surface area contributed by atoms with Crippen molar-refractivity contribution >= 4 is 11.8 Å². The molecule has 0 spiro atoms. The molecule has 0 amide bonds. The molecule has 0 saturated carbocycles. The van der Waals surface area contributed by atoms with Crippen molar-refractivity contribution in [1.29, 1.82) is 0 Å². The zero-order valence-corrected chi connectivity index (χ0v) is 13.5. The molecule has 1 saturated heterocycles. The molecule has 2 aromatic rings. The molecule has 0 unspecified atom stereocenters. The molecule has 3 rings (SSSR count). The molecule has 1 aliphatic heterocycles. The number of hydrogen-bond acceptors (Lipinski definition) is 5. The van der Waals surface area contributed by atoms with Gasteiger partial charge in [0.15, 0.2) is 0 Å². The van der Waals surface area contributed by atoms with Gasteiger partial charge in [0.05, 0.1) is 19.3 Å². The highest BCUT2D eigenvalue weighted by molar-refractivity contribution is 5.76. The lowest BCUT2D eigenvalue weighted by Gasteiger charge is -2.33. The van der Waals surface area contributed by atoms with Gasteiger partial charge in [-0.1, -0.05) is 30.3 Å². The molecule has 2 heterocycles. The van der Waals surface area contributed by atoms with Gasteiger partial charge in [-0.2, -0.15) is 5.10 Å². The first-order chi connectivity index (χ1) is 11.2. The van der Waals surface area contributed by atoms with Gasteiger partial charge < -0.3 is 15.0 Å². The number of nitrogens with one attached hydrogen (secondary N) is 1. The minimum Gasteiger partial charge on any atom is -0.468 e. The molecule has 1 aromatic carbocycles. The summed E-state index contributed by atoms with van der Waals surface area (Å²) in [5, 5.41) is 7.81. The summed E-state index contributed by atoms with van der Waals surface area (Å²) in [6.07, 6.45) is 0. The number of benzene rings is 1. The van der Waals surface area contributed by atoms with Gasteiger partial charge in [-0.25, -0.2) is 4.68 Å². The van der Waals surface area contributed by atoms with E-state index in [1.54, 1.807) is 0 Å². The summed E-state index contributed by atoms with van der Waals surface area (Å²) < 4.78 is 6.86. The number of aryl methyl sites for hydroxylation is 1. The summed E-state index contributed by atoms with van der Waals surface area (Å²) in [5.74, 6) is 0.822. The lowest BCUT2D eigenvalue weighted by molar-refractivity contribution is -0.143. The van der Waals surface area contributed by atoms with E-state index in [1.807, 2.05) is 29.8 Å².